The van der Waals surface area contributed by atoms with E-state index in [4.69, 9.17) is 4.74 Å². The Bertz CT molecular complexity index is 1570. The first-order valence-electron chi connectivity index (χ1n) is 13.1. The number of carbonyl (C=O) groups excluding carboxylic acids is 2. The van der Waals surface area contributed by atoms with Gasteiger partial charge in [-0.25, -0.2) is 0 Å². The lowest BCUT2D eigenvalue weighted by atomic mass is 10.1. The summed E-state index contributed by atoms with van der Waals surface area (Å²) in [5.41, 5.74) is 4.22. The van der Waals surface area contributed by atoms with Gasteiger partial charge in [0.05, 0.1) is 5.69 Å². The van der Waals surface area contributed by atoms with Crippen LogP contribution in [0.4, 0.5) is 11.4 Å². The summed E-state index contributed by atoms with van der Waals surface area (Å²) in [4.78, 5) is 27.9. The van der Waals surface area contributed by atoms with Gasteiger partial charge in [-0.05, 0) is 72.8 Å². The highest BCUT2D eigenvalue weighted by molar-refractivity contribution is 6.11. The zero-order chi connectivity index (χ0) is 27.2. The van der Waals surface area contributed by atoms with Gasteiger partial charge in [0.25, 0.3) is 11.8 Å². The molecule has 0 aliphatic heterocycles. The van der Waals surface area contributed by atoms with Crippen LogP contribution in [0.5, 0.6) is 5.75 Å². The number of fused-ring (bicyclic) bond motifs is 1. The van der Waals surface area contributed by atoms with Crippen molar-refractivity contribution < 1.29 is 14.3 Å². The number of ether oxygens (including phenoxy) is 1. The van der Waals surface area contributed by atoms with Gasteiger partial charge < -0.3 is 15.0 Å². The predicted octanol–water partition coefficient (Wildman–Crippen LogP) is 7.58. The summed E-state index contributed by atoms with van der Waals surface area (Å²) in [5, 5.41) is 4.99. The molecule has 0 aromatic heterocycles. The Balaban J connectivity index is 1.22. The minimum absolute atomic E-state index is 0.0950. The molecule has 0 radical (unpaired) electrons. The van der Waals surface area contributed by atoms with Crippen LogP contribution in [0, 0.1) is 0 Å². The van der Waals surface area contributed by atoms with Crippen molar-refractivity contribution in [2.45, 2.75) is 20.0 Å². The number of hydrogen-bond donors (Lipinski definition) is 1. The van der Waals surface area contributed by atoms with Crippen LogP contribution >= 0.6 is 0 Å². The molecule has 5 heteroatoms. The number of benzene rings is 5. The number of nitrogens with zero attached hydrogens (tertiary/aromatic N) is 1. The van der Waals surface area contributed by atoms with Gasteiger partial charge in [-0.1, -0.05) is 78.9 Å². The molecule has 0 heterocycles. The zero-order valence-electron chi connectivity index (χ0n) is 22.0. The summed E-state index contributed by atoms with van der Waals surface area (Å²) >= 11 is 0. The minimum Gasteiger partial charge on any atom is -0.481 e. The van der Waals surface area contributed by atoms with E-state index in [-0.39, 0.29) is 11.8 Å². The van der Waals surface area contributed by atoms with Crippen molar-refractivity contribution in [1.29, 1.82) is 0 Å². The van der Waals surface area contributed by atoms with E-state index in [1.165, 1.54) is 0 Å². The number of carbonyl (C=O) groups is 2. The van der Waals surface area contributed by atoms with E-state index < -0.39 is 6.10 Å². The molecule has 1 N–H and O–H groups in total. The molecule has 0 saturated carbocycles. The molecule has 39 heavy (non-hydrogen) atoms. The fourth-order valence-corrected chi connectivity index (χ4v) is 4.58. The van der Waals surface area contributed by atoms with Gasteiger partial charge in [0, 0.05) is 23.2 Å². The Kier molecular flexibility index (Phi) is 7.69. The first-order valence-corrected chi connectivity index (χ1v) is 13.1. The Labute approximate surface area is 228 Å². The van der Waals surface area contributed by atoms with E-state index in [2.05, 4.69) is 5.32 Å². The summed E-state index contributed by atoms with van der Waals surface area (Å²) in [5.74, 6) is 0.251. The highest BCUT2D eigenvalue weighted by Crippen LogP contribution is 2.28. The molecule has 0 aliphatic rings. The summed E-state index contributed by atoms with van der Waals surface area (Å²) in [6, 6.07) is 38.7. The second-order valence-electron chi connectivity index (χ2n) is 9.26. The average molecular weight is 515 g/mol. The van der Waals surface area contributed by atoms with Gasteiger partial charge in [0.2, 0.25) is 0 Å². The molecule has 0 bridgehead atoms. The predicted molar refractivity (Wildman–Crippen MR) is 158 cm³/mol. The maximum Gasteiger partial charge on any atom is 0.265 e. The molecule has 2 amide bonds. The van der Waals surface area contributed by atoms with E-state index in [9.17, 15) is 9.59 Å². The van der Waals surface area contributed by atoms with Crippen LogP contribution in [0.1, 0.15) is 24.2 Å². The van der Waals surface area contributed by atoms with Crippen LogP contribution < -0.4 is 15.0 Å². The Hall–Kier alpha value is -4.90. The molecule has 0 fully saturated rings. The second-order valence-corrected chi connectivity index (χ2v) is 9.26. The molecule has 5 aromatic rings. The lowest BCUT2D eigenvalue weighted by molar-refractivity contribution is -0.122. The van der Waals surface area contributed by atoms with Gasteiger partial charge in [-0.2, -0.15) is 0 Å². The lowest BCUT2D eigenvalue weighted by Gasteiger charge is -2.23. The molecule has 0 aliphatic carbocycles. The van der Waals surface area contributed by atoms with Crippen LogP contribution in [0.15, 0.2) is 121 Å². The monoisotopic (exact) mass is 514 g/mol. The van der Waals surface area contributed by atoms with Gasteiger partial charge in [-0.15, -0.1) is 0 Å². The molecule has 0 saturated heterocycles. The quantitative estimate of drug-likeness (QED) is 0.232. The number of anilines is 2. The third-order valence-corrected chi connectivity index (χ3v) is 6.66. The van der Waals surface area contributed by atoms with E-state index in [0.29, 0.717) is 23.5 Å². The van der Waals surface area contributed by atoms with Crippen LogP contribution in [0.25, 0.3) is 21.9 Å². The number of amides is 2. The topological polar surface area (TPSA) is 58.6 Å². The highest BCUT2D eigenvalue weighted by atomic mass is 16.5. The van der Waals surface area contributed by atoms with Crippen molar-refractivity contribution in [2.75, 3.05) is 16.8 Å². The van der Waals surface area contributed by atoms with Crippen molar-refractivity contribution in [1.82, 2.24) is 0 Å². The van der Waals surface area contributed by atoms with Crippen molar-refractivity contribution in [3.63, 3.8) is 0 Å². The Morgan fingerprint density at radius 3 is 2.10 bits per heavy atom. The average Bonchev–Trinajstić information content (AvgIpc) is 2.99. The number of rotatable bonds is 8. The van der Waals surface area contributed by atoms with Gasteiger partial charge in [0.15, 0.2) is 6.10 Å². The maximum absolute atomic E-state index is 13.4. The van der Waals surface area contributed by atoms with Crippen LogP contribution in [-0.4, -0.2) is 24.5 Å². The van der Waals surface area contributed by atoms with Crippen LogP contribution in [0.3, 0.4) is 0 Å². The molecule has 0 spiro atoms. The molecule has 1 atom stereocenters. The van der Waals surface area contributed by atoms with Crippen molar-refractivity contribution >= 4 is 34.0 Å². The molecule has 1 unspecified atom stereocenters. The van der Waals surface area contributed by atoms with E-state index in [0.717, 1.165) is 27.6 Å². The number of nitrogens with one attached hydrogen (secondary N) is 1. The first kappa shape index (κ1) is 25.7. The molecule has 5 aromatic carbocycles. The minimum atomic E-state index is -0.698. The normalized spacial score (nSPS) is 11.5. The Morgan fingerprint density at radius 1 is 0.744 bits per heavy atom. The fourth-order valence-electron chi connectivity index (χ4n) is 4.58. The van der Waals surface area contributed by atoms with Crippen LogP contribution in [0.2, 0.25) is 0 Å². The van der Waals surface area contributed by atoms with Gasteiger partial charge in [-0.3, -0.25) is 9.59 Å². The fraction of sp³-hybridized carbons (Fsp3) is 0.118. The standard InChI is InChI=1S/C34H30N2O3/c1-3-36(32-15-9-13-27-12-7-8-14-31(27)32)34(38)28-16-20-29(21-17-28)35-33(37)24(2)39-30-22-18-26(19-23-30)25-10-5-4-6-11-25/h4-24H,3H2,1-2H3,(H,35,37). The highest BCUT2D eigenvalue weighted by Gasteiger charge is 2.19. The molecule has 5 nitrogen and oxygen atoms in total. The largest absolute Gasteiger partial charge is 0.481 e. The van der Waals surface area contributed by atoms with Crippen LogP contribution in [-0.2, 0) is 4.79 Å². The maximum atomic E-state index is 13.4. The van der Waals surface area contributed by atoms with Gasteiger partial charge in [0.1, 0.15) is 5.75 Å². The third kappa shape index (κ3) is 5.83. The van der Waals surface area contributed by atoms with E-state index >= 15 is 0 Å². The van der Waals surface area contributed by atoms with Crippen molar-refractivity contribution in [3.8, 4) is 16.9 Å². The van der Waals surface area contributed by atoms with Crippen molar-refractivity contribution in [2.24, 2.45) is 0 Å². The molecular formula is C34H30N2O3. The Morgan fingerprint density at radius 2 is 1.38 bits per heavy atom. The smallest absolute Gasteiger partial charge is 0.265 e. The lowest BCUT2D eigenvalue weighted by Crippen LogP contribution is -2.31. The van der Waals surface area contributed by atoms with E-state index in [1.807, 2.05) is 104 Å². The summed E-state index contributed by atoms with van der Waals surface area (Å²) in [6.07, 6.45) is -0.698. The first-order chi connectivity index (χ1) is 19.0. The molecule has 194 valence electrons. The number of hydrogen-bond acceptors (Lipinski definition) is 3. The summed E-state index contributed by atoms with van der Waals surface area (Å²) in [7, 11) is 0. The summed E-state index contributed by atoms with van der Waals surface area (Å²) in [6.45, 7) is 4.21. The second kappa shape index (κ2) is 11.7. The SMILES string of the molecule is CCN(C(=O)c1ccc(NC(=O)C(C)Oc2ccc(-c3ccccc3)cc2)cc1)c1cccc2ccccc12. The summed E-state index contributed by atoms with van der Waals surface area (Å²) < 4.78 is 5.86. The molecular weight excluding hydrogens is 484 g/mol. The van der Waals surface area contributed by atoms with Gasteiger partial charge >= 0.3 is 0 Å². The third-order valence-electron chi connectivity index (χ3n) is 6.66. The molecule has 5 rings (SSSR count). The zero-order valence-corrected chi connectivity index (χ0v) is 22.0. The van der Waals surface area contributed by atoms with E-state index in [1.54, 1.807) is 36.1 Å². The van der Waals surface area contributed by atoms with Crippen molar-refractivity contribution in [3.05, 3.63) is 127 Å².